The lowest BCUT2D eigenvalue weighted by atomic mass is 10.1. The normalized spacial score (nSPS) is 11.9. The van der Waals surface area contributed by atoms with E-state index in [1.54, 1.807) is 17.1 Å². The Kier molecular flexibility index (Phi) is 4.04. The van der Waals surface area contributed by atoms with Crippen molar-refractivity contribution in [2.24, 2.45) is 7.05 Å². The van der Waals surface area contributed by atoms with Crippen LogP contribution in [0.4, 0.5) is 4.79 Å². The maximum atomic E-state index is 11.3. The number of nitrogens with one attached hydrogen (secondary N) is 1. The van der Waals surface area contributed by atoms with Crippen molar-refractivity contribution in [3.63, 3.8) is 0 Å². The summed E-state index contributed by atoms with van der Waals surface area (Å²) in [5.74, 6) is -0.119. The summed E-state index contributed by atoms with van der Waals surface area (Å²) >= 11 is 0. The van der Waals surface area contributed by atoms with Gasteiger partial charge in [-0.1, -0.05) is 0 Å². The molecule has 88 valence electrons. The molecule has 1 aromatic rings. The Labute approximate surface area is 93.6 Å². The van der Waals surface area contributed by atoms with E-state index in [1.165, 1.54) is 14.0 Å². The zero-order valence-electron chi connectivity index (χ0n) is 9.56. The number of ketones is 1. The van der Waals surface area contributed by atoms with Crippen molar-refractivity contribution in [1.82, 2.24) is 14.9 Å². The predicted octanol–water partition coefficient (Wildman–Crippen LogP) is 0.276. The van der Waals surface area contributed by atoms with Gasteiger partial charge in [0.25, 0.3) is 0 Å². The molecule has 1 heterocycles. The molecule has 0 aromatic carbocycles. The fraction of sp³-hybridized carbons (Fsp3) is 0.500. The highest BCUT2D eigenvalue weighted by Crippen LogP contribution is 2.03. The van der Waals surface area contributed by atoms with E-state index >= 15 is 0 Å². The molecule has 0 spiro atoms. The zero-order valence-corrected chi connectivity index (χ0v) is 9.56. The van der Waals surface area contributed by atoms with Crippen LogP contribution in [-0.2, 0) is 23.0 Å². The van der Waals surface area contributed by atoms with Crippen molar-refractivity contribution in [2.75, 3.05) is 7.11 Å². The van der Waals surface area contributed by atoms with Crippen LogP contribution < -0.4 is 5.32 Å². The van der Waals surface area contributed by atoms with Crippen LogP contribution in [0.5, 0.6) is 0 Å². The van der Waals surface area contributed by atoms with Gasteiger partial charge in [-0.25, -0.2) is 9.78 Å². The number of amides is 1. The van der Waals surface area contributed by atoms with Crippen molar-refractivity contribution >= 4 is 11.9 Å². The summed E-state index contributed by atoms with van der Waals surface area (Å²) in [6.07, 6.45) is 3.10. The number of Topliss-reactive ketones (excluding diaryl/α,β-unsaturated/α-hetero) is 1. The van der Waals surface area contributed by atoms with Gasteiger partial charge in [0.2, 0.25) is 0 Å². The van der Waals surface area contributed by atoms with Crippen molar-refractivity contribution in [1.29, 1.82) is 0 Å². The van der Waals surface area contributed by atoms with Crippen molar-refractivity contribution in [3.8, 4) is 0 Å². The number of methoxy groups -OCH3 is 1. The minimum Gasteiger partial charge on any atom is -0.453 e. The lowest BCUT2D eigenvalue weighted by Gasteiger charge is -2.14. The molecular weight excluding hydrogens is 210 g/mol. The first kappa shape index (κ1) is 12.2. The van der Waals surface area contributed by atoms with Crippen LogP contribution >= 0.6 is 0 Å². The van der Waals surface area contributed by atoms with Gasteiger partial charge in [-0.05, 0) is 6.92 Å². The molecule has 0 unspecified atom stereocenters. The van der Waals surface area contributed by atoms with Gasteiger partial charge in [-0.3, -0.25) is 4.79 Å². The Morgan fingerprint density at radius 3 is 2.75 bits per heavy atom. The van der Waals surface area contributed by atoms with Gasteiger partial charge in [0.15, 0.2) is 5.78 Å². The predicted molar refractivity (Wildman–Crippen MR) is 56.9 cm³/mol. The molecule has 0 aliphatic heterocycles. The number of aromatic nitrogens is 2. The minimum absolute atomic E-state index is 0.119. The number of imidazole rings is 1. The lowest BCUT2D eigenvalue weighted by Crippen LogP contribution is -2.41. The highest BCUT2D eigenvalue weighted by Gasteiger charge is 2.19. The first-order chi connectivity index (χ1) is 7.54. The average molecular weight is 225 g/mol. The number of ether oxygens (including phenoxy) is 1. The van der Waals surface area contributed by atoms with Crippen LogP contribution in [0.3, 0.4) is 0 Å². The van der Waals surface area contributed by atoms with E-state index in [1.807, 2.05) is 7.05 Å². The van der Waals surface area contributed by atoms with E-state index in [0.29, 0.717) is 6.42 Å². The molecule has 0 bridgehead atoms. The average Bonchev–Trinajstić information content (AvgIpc) is 2.63. The third-order valence-corrected chi connectivity index (χ3v) is 2.30. The van der Waals surface area contributed by atoms with Gasteiger partial charge >= 0.3 is 6.09 Å². The number of hydrogen-bond acceptors (Lipinski definition) is 4. The summed E-state index contributed by atoms with van der Waals surface area (Å²) in [7, 11) is 3.09. The Bertz CT molecular complexity index is 386. The molecule has 1 N–H and O–H groups in total. The van der Waals surface area contributed by atoms with Crippen LogP contribution in [0.1, 0.15) is 12.6 Å². The number of hydrogen-bond donors (Lipinski definition) is 1. The second kappa shape index (κ2) is 5.29. The summed E-state index contributed by atoms with van der Waals surface area (Å²) in [6, 6.07) is -0.581. The Hall–Kier alpha value is -1.85. The van der Waals surface area contributed by atoms with Crippen LogP contribution in [0, 0.1) is 0 Å². The maximum Gasteiger partial charge on any atom is 0.407 e. The van der Waals surface area contributed by atoms with E-state index in [0.717, 1.165) is 5.69 Å². The number of alkyl carbamates (subject to hydrolysis) is 1. The monoisotopic (exact) mass is 225 g/mol. The molecule has 0 aliphatic rings. The number of nitrogens with zero attached hydrogens (tertiary/aromatic N) is 2. The van der Waals surface area contributed by atoms with Crippen molar-refractivity contribution < 1.29 is 14.3 Å². The van der Waals surface area contributed by atoms with Gasteiger partial charge < -0.3 is 14.6 Å². The van der Waals surface area contributed by atoms with Gasteiger partial charge in [-0.2, -0.15) is 0 Å². The Morgan fingerprint density at radius 1 is 1.62 bits per heavy atom. The third kappa shape index (κ3) is 3.08. The molecule has 0 aliphatic carbocycles. The van der Waals surface area contributed by atoms with E-state index < -0.39 is 12.1 Å². The minimum atomic E-state index is -0.609. The molecule has 1 rings (SSSR count). The molecule has 1 amide bonds. The summed E-state index contributed by atoms with van der Waals surface area (Å²) in [4.78, 5) is 26.3. The fourth-order valence-corrected chi connectivity index (χ4v) is 1.29. The quantitative estimate of drug-likeness (QED) is 0.798. The van der Waals surface area contributed by atoms with Crippen molar-refractivity contribution in [3.05, 3.63) is 18.2 Å². The molecule has 0 radical (unpaired) electrons. The van der Waals surface area contributed by atoms with E-state index in [4.69, 9.17) is 0 Å². The smallest absolute Gasteiger partial charge is 0.407 e. The standard InChI is InChI=1S/C10H15N3O3/c1-7(14)9(12-10(15)16-3)4-8-5-11-6-13(8)2/h5-6,9H,4H2,1-3H3,(H,12,15)/t9-/m0/s1. The largest absolute Gasteiger partial charge is 0.453 e. The Morgan fingerprint density at radius 2 is 2.31 bits per heavy atom. The SMILES string of the molecule is COC(=O)N[C@@H](Cc1cncn1C)C(C)=O. The van der Waals surface area contributed by atoms with Crippen LogP contribution in [-0.4, -0.2) is 34.6 Å². The summed E-state index contributed by atoms with van der Waals surface area (Å²) in [5, 5.41) is 2.48. The summed E-state index contributed by atoms with van der Waals surface area (Å²) in [5.41, 5.74) is 0.872. The van der Waals surface area contributed by atoms with Gasteiger partial charge in [0.1, 0.15) is 0 Å². The number of carbonyl (C=O) groups excluding carboxylic acids is 2. The summed E-state index contributed by atoms with van der Waals surface area (Å²) in [6.45, 7) is 1.43. The third-order valence-electron chi connectivity index (χ3n) is 2.30. The number of rotatable bonds is 4. The highest BCUT2D eigenvalue weighted by atomic mass is 16.5. The lowest BCUT2D eigenvalue weighted by molar-refractivity contribution is -0.118. The van der Waals surface area contributed by atoms with Gasteiger partial charge in [0, 0.05) is 25.4 Å². The van der Waals surface area contributed by atoms with E-state index in [9.17, 15) is 9.59 Å². The zero-order chi connectivity index (χ0) is 12.1. The molecular formula is C10H15N3O3. The van der Waals surface area contributed by atoms with E-state index in [-0.39, 0.29) is 5.78 Å². The second-order valence-corrected chi connectivity index (χ2v) is 3.50. The highest BCUT2D eigenvalue weighted by molar-refractivity contribution is 5.85. The molecule has 16 heavy (non-hydrogen) atoms. The molecule has 0 saturated carbocycles. The topological polar surface area (TPSA) is 73.2 Å². The van der Waals surface area contributed by atoms with Crippen LogP contribution in [0.15, 0.2) is 12.5 Å². The van der Waals surface area contributed by atoms with Crippen LogP contribution in [0.25, 0.3) is 0 Å². The Balaban J connectivity index is 2.69. The maximum absolute atomic E-state index is 11.3. The number of carbonyl (C=O) groups is 2. The number of aryl methyl sites for hydroxylation is 1. The summed E-state index contributed by atoms with van der Waals surface area (Å²) < 4.78 is 6.26. The van der Waals surface area contributed by atoms with Crippen LogP contribution in [0.2, 0.25) is 0 Å². The molecule has 1 aromatic heterocycles. The van der Waals surface area contributed by atoms with E-state index in [2.05, 4.69) is 15.0 Å². The van der Waals surface area contributed by atoms with Gasteiger partial charge in [0.05, 0.1) is 19.5 Å². The van der Waals surface area contributed by atoms with Crippen molar-refractivity contribution in [2.45, 2.75) is 19.4 Å². The molecule has 6 nitrogen and oxygen atoms in total. The molecule has 1 atom stereocenters. The first-order valence-corrected chi connectivity index (χ1v) is 4.84. The molecule has 0 saturated heterocycles. The van der Waals surface area contributed by atoms with Gasteiger partial charge in [-0.15, -0.1) is 0 Å². The molecule has 0 fully saturated rings. The second-order valence-electron chi connectivity index (χ2n) is 3.50. The molecule has 6 heteroatoms. The fourth-order valence-electron chi connectivity index (χ4n) is 1.29. The first-order valence-electron chi connectivity index (χ1n) is 4.84.